The fourth-order valence-electron chi connectivity index (χ4n) is 3.23. The molecular weight excluding hydrogens is 380 g/mol. The Bertz CT molecular complexity index is 974. The van der Waals surface area contributed by atoms with E-state index in [1.807, 2.05) is 13.8 Å². The minimum Gasteiger partial charge on any atom is -0.321 e. The van der Waals surface area contributed by atoms with E-state index in [9.17, 15) is 23.3 Å². The fraction of sp³-hybridized carbons (Fsp3) is 0.474. The standard InChI is InChI=1S/C19H22N4O4S/c1-19(2,12-20)13-3-5-14(6-4-13)21-18(25)16-7-8-17(24)23(22-16)15-9-10-28(26,27)11-15/h3-6,15H,7-11H2,1-2H3,(H,21,25). The highest BCUT2D eigenvalue weighted by molar-refractivity contribution is 7.91. The van der Waals surface area contributed by atoms with Crippen molar-refractivity contribution in [2.75, 3.05) is 16.8 Å². The molecule has 9 heteroatoms. The zero-order valence-electron chi connectivity index (χ0n) is 15.8. The Hall–Kier alpha value is -2.73. The van der Waals surface area contributed by atoms with Gasteiger partial charge in [-0.2, -0.15) is 10.4 Å². The van der Waals surface area contributed by atoms with Crippen molar-refractivity contribution in [3.63, 3.8) is 0 Å². The van der Waals surface area contributed by atoms with Gasteiger partial charge in [-0.3, -0.25) is 9.59 Å². The van der Waals surface area contributed by atoms with Gasteiger partial charge >= 0.3 is 0 Å². The second-order valence-corrected chi connectivity index (χ2v) is 9.84. The lowest BCUT2D eigenvalue weighted by atomic mass is 9.86. The molecule has 0 bridgehead atoms. The van der Waals surface area contributed by atoms with E-state index in [0.29, 0.717) is 12.1 Å². The normalized spacial score (nSPS) is 21.8. The molecule has 0 saturated carbocycles. The molecule has 0 aliphatic carbocycles. The van der Waals surface area contributed by atoms with Crippen LogP contribution in [-0.2, 0) is 24.8 Å². The van der Waals surface area contributed by atoms with E-state index in [2.05, 4.69) is 16.5 Å². The van der Waals surface area contributed by atoms with Crippen LogP contribution in [0.5, 0.6) is 0 Å². The monoisotopic (exact) mass is 402 g/mol. The molecule has 1 fully saturated rings. The highest BCUT2D eigenvalue weighted by atomic mass is 32.2. The second kappa shape index (κ2) is 7.36. The summed E-state index contributed by atoms with van der Waals surface area (Å²) in [5.41, 5.74) is 0.961. The van der Waals surface area contributed by atoms with E-state index in [-0.39, 0.29) is 36.0 Å². The summed E-state index contributed by atoms with van der Waals surface area (Å²) in [6.45, 7) is 3.62. The summed E-state index contributed by atoms with van der Waals surface area (Å²) in [7, 11) is -3.16. The van der Waals surface area contributed by atoms with Crippen LogP contribution in [0.15, 0.2) is 29.4 Å². The van der Waals surface area contributed by atoms with Gasteiger partial charge in [-0.25, -0.2) is 13.4 Å². The van der Waals surface area contributed by atoms with Gasteiger partial charge < -0.3 is 5.32 Å². The van der Waals surface area contributed by atoms with Crippen molar-refractivity contribution in [3.05, 3.63) is 29.8 Å². The molecule has 3 rings (SSSR count). The second-order valence-electron chi connectivity index (χ2n) is 7.61. The van der Waals surface area contributed by atoms with Crippen LogP contribution in [0.2, 0.25) is 0 Å². The van der Waals surface area contributed by atoms with Crippen LogP contribution < -0.4 is 5.32 Å². The molecule has 1 N–H and O–H groups in total. The van der Waals surface area contributed by atoms with Crippen molar-refractivity contribution in [1.82, 2.24) is 5.01 Å². The molecule has 0 spiro atoms. The van der Waals surface area contributed by atoms with Crippen LogP contribution in [0.1, 0.15) is 38.7 Å². The van der Waals surface area contributed by atoms with Gasteiger partial charge in [0.05, 0.1) is 29.0 Å². The van der Waals surface area contributed by atoms with Gasteiger partial charge in [-0.1, -0.05) is 12.1 Å². The summed E-state index contributed by atoms with van der Waals surface area (Å²) < 4.78 is 23.4. The minimum atomic E-state index is -3.16. The molecule has 2 heterocycles. The Morgan fingerprint density at radius 2 is 1.96 bits per heavy atom. The third kappa shape index (κ3) is 4.22. The van der Waals surface area contributed by atoms with Crippen molar-refractivity contribution in [3.8, 4) is 6.07 Å². The van der Waals surface area contributed by atoms with E-state index < -0.39 is 27.2 Å². The number of hydrazone groups is 1. The predicted octanol–water partition coefficient (Wildman–Crippen LogP) is 1.59. The molecule has 8 nitrogen and oxygen atoms in total. The third-order valence-corrected chi connectivity index (χ3v) is 6.77. The maximum absolute atomic E-state index is 12.5. The molecule has 28 heavy (non-hydrogen) atoms. The number of hydrogen-bond acceptors (Lipinski definition) is 6. The number of nitrogens with one attached hydrogen (secondary N) is 1. The number of sulfone groups is 1. The van der Waals surface area contributed by atoms with Crippen molar-refractivity contribution < 1.29 is 18.0 Å². The van der Waals surface area contributed by atoms with Crippen LogP contribution in [-0.4, -0.2) is 48.5 Å². The number of amides is 2. The van der Waals surface area contributed by atoms with E-state index in [1.165, 1.54) is 5.01 Å². The van der Waals surface area contributed by atoms with Crippen molar-refractivity contribution in [2.45, 2.75) is 44.6 Å². The maximum atomic E-state index is 12.5. The molecule has 2 amide bonds. The van der Waals surface area contributed by atoms with Gasteiger partial charge in [0.15, 0.2) is 9.84 Å². The largest absolute Gasteiger partial charge is 0.321 e. The quantitative estimate of drug-likeness (QED) is 0.820. The Morgan fingerprint density at radius 3 is 2.54 bits per heavy atom. The minimum absolute atomic E-state index is 0.0316. The first kappa shape index (κ1) is 20.0. The predicted molar refractivity (Wildman–Crippen MR) is 104 cm³/mol. The summed E-state index contributed by atoms with van der Waals surface area (Å²) in [6, 6.07) is 8.70. The highest BCUT2D eigenvalue weighted by Crippen LogP contribution is 2.25. The molecule has 148 valence electrons. The fourth-order valence-corrected chi connectivity index (χ4v) is 4.92. The van der Waals surface area contributed by atoms with Crippen LogP contribution in [0, 0.1) is 11.3 Å². The van der Waals surface area contributed by atoms with Crippen LogP contribution in [0.4, 0.5) is 5.69 Å². The molecular formula is C19H22N4O4S. The Kier molecular flexibility index (Phi) is 5.26. The molecule has 0 radical (unpaired) electrons. The van der Waals surface area contributed by atoms with Crippen molar-refractivity contribution in [1.29, 1.82) is 5.26 Å². The lowest BCUT2D eigenvalue weighted by molar-refractivity contribution is -0.133. The average molecular weight is 402 g/mol. The molecule has 1 atom stereocenters. The summed E-state index contributed by atoms with van der Waals surface area (Å²) >= 11 is 0. The average Bonchev–Trinajstić information content (AvgIpc) is 3.02. The Balaban J connectivity index is 1.72. The zero-order chi connectivity index (χ0) is 20.5. The zero-order valence-corrected chi connectivity index (χ0v) is 16.6. The molecule has 1 unspecified atom stereocenters. The highest BCUT2D eigenvalue weighted by Gasteiger charge is 2.37. The number of rotatable bonds is 4. The Labute approximate surface area is 164 Å². The molecule has 2 aliphatic heterocycles. The molecule has 2 aliphatic rings. The van der Waals surface area contributed by atoms with Gasteiger partial charge in [0.1, 0.15) is 5.71 Å². The number of anilines is 1. The molecule has 1 aromatic rings. The van der Waals surface area contributed by atoms with E-state index in [4.69, 9.17) is 0 Å². The summed E-state index contributed by atoms with van der Waals surface area (Å²) in [6.07, 6.45) is 0.668. The van der Waals surface area contributed by atoms with Gasteiger partial charge in [0.25, 0.3) is 5.91 Å². The summed E-state index contributed by atoms with van der Waals surface area (Å²) in [4.78, 5) is 24.7. The summed E-state index contributed by atoms with van der Waals surface area (Å²) in [5.74, 6) is -0.774. The SMILES string of the molecule is CC(C)(C#N)c1ccc(NC(=O)C2=NN(C3CCS(=O)(=O)C3)C(=O)CC2)cc1. The van der Waals surface area contributed by atoms with Crippen LogP contribution in [0.25, 0.3) is 0 Å². The number of nitriles is 1. The number of carbonyl (C=O) groups excluding carboxylic acids is 2. The van der Waals surface area contributed by atoms with Gasteiger partial charge in [0, 0.05) is 18.5 Å². The molecule has 1 aromatic carbocycles. The van der Waals surface area contributed by atoms with Crippen molar-refractivity contribution in [2.24, 2.45) is 5.10 Å². The summed E-state index contributed by atoms with van der Waals surface area (Å²) in [5, 5.41) is 17.3. The molecule has 0 aromatic heterocycles. The maximum Gasteiger partial charge on any atom is 0.271 e. The first-order chi connectivity index (χ1) is 13.1. The Morgan fingerprint density at radius 1 is 1.29 bits per heavy atom. The number of hydrogen-bond donors (Lipinski definition) is 1. The number of carbonyl (C=O) groups is 2. The lowest BCUT2D eigenvalue weighted by Crippen LogP contribution is -2.42. The van der Waals surface area contributed by atoms with Gasteiger partial charge in [0.2, 0.25) is 5.91 Å². The van der Waals surface area contributed by atoms with Gasteiger partial charge in [-0.15, -0.1) is 0 Å². The smallest absolute Gasteiger partial charge is 0.271 e. The third-order valence-electron chi connectivity index (χ3n) is 5.02. The molecule has 1 saturated heterocycles. The van der Waals surface area contributed by atoms with E-state index in [1.54, 1.807) is 24.3 Å². The van der Waals surface area contributed by atoms with Crippen LogP contribution in [0.3, 0.4) is 0 Å². The number of nitrogens with zero attached hydrogens (tertiary/aromatic N) is 3. The van der Waals surface area contributed by atoms with E-state index in [0.717, 1.165) is 5.56 Å². The van der Waals surface area contributed by atoms with Crippen LogP contribution >= 0.6 is 0 Å². The van der Waals surface area contributed by atoms with E-state index >= 15 is 0 Å². The first-order valence-electron chi connectivity index (χ1n) is 9.04. The van der Waals surface area contributed by atoms with Gasteiger partial charge in [-0.05, 0) is 38.0 Å². The van der Waals surface area contributed by atoms with Crippen molar-refractivity contribution >= 4 is 33.1 Å². The first-order valence-corrected chi connectivity index (χ1v) is 10.9. The topological polar surface area (TPSA) is 120 Å². The lowest BCUT2D eigenvalue weighted by Gasteiger charge is -2.27. The number of benzene rings is 1.